The summed E-state index contributed by atoms with van der Waals surface area (Å²) in [6, 6.07) is -9.42. The number of H-pyrrole nitrogens is 1. The zero-order valence-corrected chi connectivity index (χ0v) is 30.0. The number of nitrogens with one attached hydrogen (secondary N) is 7. The van der Waals surface area contributed by atoms with Crippen molar-refractivity contribution in [1.82, 2.24) is 41.9 Å². The zero-order chi connectivity index (χ0) is 38.8. The third-order valence-corrected chi connectivity index (χ3v) is 8.34. The molecular formula is C29H47N9O11S2. The van der Waals surface area contributed by atoms with Gasteiger partial charge in [0.15, 0.2) is 0 Å². The van der Waals surface area contributed by atoms with Crippen molar-refractivity contribution in [1.29, 1.82) is 0 Å². The molecule has 0 spiro atoms. The molecule has 22 heteroatoms. The van der Waals surface area contributed by atoms with Crippen LogP contribution in [0.5, 0.6) is 0 Å². The number of hydrogen-bond acceptors (Lipinski definition) is 13. The van der Waals surface area contributed by atoms with E-state index in [-0.39, 0.29) is 17.9 Å². The Kier molecular flexibility index (Phi) is 19.6. The van der Waals surface area contributed by atoms with Crippen LogP contribution in [0.15, 0.2) is 12.5 Å². The highest BCUT2D eigenvalue weighted by Gasteiger charge is 2.34. The lowest BCUT2D eigenvalue weighted by molar-refractivity contribution is -0.142. The summed E-state index contributed by atoms with van der Waals surface area (Å²) in [6.45, 7) is 3.89. The molecule has 51 heavy (non-hydrogen) atoms. The van der Waals surface area contributed by atoms with Crippen LogP contribution < -0.4 is 37.6 Å². The van der Waals surface area contributed by atoms with Crippen LogP contribution >= 0.6 is 25.3 Å². The van der Waals surface area contributed by atoms with Gasteiger partial charge >= 0.3 is 11.9 Å². The van der Waals surface area contributed by atoms with Crippen molar-refractivity contribution in [2.45, 2.75) is 88.7 Å². The van der Waals surface area contributed by atoms with Crippen LogP contribution in [0.25, 0.3) is 0 Å². The number of imidazole rings is 1. The maximum absolute atomic E-state index is 13.5. The molecule has 12 N–H and O–H groups in total. The van der Waals surface area contributed by atoms with Gasteiger partial charge in [0.05, 0.1) is 19.0 Å². The van der Waals surface area contributed by atoms with E-state index in [1.807, 2.05) is 0 Å². The van der Waals surface area contributed by atoms with E-state index in [1.165, 1.54) is 19.4 Å². The van der Waals surface area contributed by atoms with Crippen LogP contribution in [-0.4, -0.2) is 133 Å². The average Bonchev–Trinajstić information content (AvgIpc) is 3.61. The Morgan fingerprint density at radius 3 is 1.86 bits per heavy atom. The van der Waals surface area contributed by atoms with Gasteiger partial charge in [-0.3, -0.25) is 33.6 Å². The Balaban J connectivity index is 3.17. The molecule has 1 aromatic rings. The minimum Gasteiger partial charge on any atom is -0.481 e. The van der Waals surface area contributed by atoms with Gasteiger partial charge < -0.3 is 57.9 Å². The highest BCUT2D eigenvalue weighted by atomic mass is 32.1. The number of aliphatic hydroxyl groups excluding tert-OH is 1. The number of aliphatic carboxylic acids is 2. The fourth-order valence-electron chi connectivity index (χ4n) is 4.27. The van der Waals surface area contributed by atoms with E-state index in [1.54, 1.807) is 13.8 Å². The van der Waals surface area contributed by atoms with Crippen LogP contribution in [0.2, 0.25) is 0 Å². The van der Waals surface area contributed by atoms with Gasteiger partial charge in [0, 0.05) is 36.2 Å². The largest absolute Gasteiger partial charge is 0.481 e. The van der Waals surface area contributed by atoms with Gasteiger partial charge in [-0.15, -0.1) is 0 Å². The monoisotopic (exact) mass is 761 g/mol. The number of carboxylic acids is 2. The molecule has 0 unspecified atom stereocenters. The second-order valence-electron chi connectivity index (χ2n) is 11.6. The fraction of sp³-hybridized carbons (Fsp3) is 0.621. The van der Waals surface area contributed by atoms with Gasteiger partial charge in [0.25, 0.3) is 0 Å². The van der Waals surface area contributed by atoms with Crippen LogP contribution in [0.3, 0.4) is 0 Å². The molecule has 0 aliphatic heterocycles. The predicted molar refractivity (Wildman–Crippen MR) is 186 cm³/mol. The molecule has 20 nitrogen and oxygen atoms in total. The number of aromatic nitrogens is 2. The average molecular weight is 762 g/mol. The van der Waals surface area contributed by atoms with Crippen molar-refractivity contribution in [2.75, 3.05) is 18.1 Å². The van der Waals surface area contributed by atoms with E-state index < -0.39 is 115 Å². The molecule has 0 aliphatic carbocycles. The number of nitrogens with two attached hydrogens (primary N) is 1. The van der Waals surface area contributed by atoms with Crippen LogP contribution in [0.4, 0.5) is 0 Å². The SMILES string of the molecule is CC[C@H](C)[C@H](NC(=O)[C@H](CO)NC(=O)[C@@H](N)CS)C(=O)N[C@@H](C)C(=O)N[C@@H](Cc1cnc[nH]1)C(=O)N[C@@H](CCC(=O)O)C(=O)N[C@@H](CS)C(=O)O. The molecule has 1 rings (SSSR count). The summed E-state index contributed by atoms with van der Waals surface area (Å²) in [6.07, 6.45) is 1.88. The first-order valence-corrected chi connectivity index (χ1v) is 17.1. The summed E-state index contributed by atoms with van der Waals surface area (Å²) < 4.78 is 0. The van der Waals surface area contributed by atoms with Gasteiger partial charge in [0.1, 0.15) is 36.3 Å². The lowest BCUT2D eigenvalue weighted by Crippen LogP contribution is -2.61. The minimum atomic E-state index is -1.52. The number of aliphatic hydroxyl groups is 1. The van der Waals surface area contributed by atoms with Crippen LogP contribution in [0.1, 0.15) is 45.7 Å². The molecule has 0 saturated carbocycles. The first-order chi connectivity index (χ1) is 24.0. The molecule has 0 radical (unpaired) electrons. The summed E-state index contributed by atoms with van der Waals surface area (Å²) in [7, 11) is 0. The molecule has 6 amide bonds. The van der Waals surface area contributed by atoms with Gasteiger partial charge in [-0.2, -0.15) is 25.3 Å². The first kappa shape index (κ1) is 44.6. The predicted octanol–water partition coefficient (Wildman–Crippen LogP) is -3.94. The summed E-state index contributed by atoms with van der Waals surface area (Å²) >= 11 is 7.80. The molecule has 0 bridgehead atoms. The molecule has 1 aromatic heterocycles. The number of amides is 6. The topological polar surface area (TPSA) is 324 Å². The molecule has 286 valence electrons. The van der Waals surface area contributed by atoms with E-state index in [9.17, 15) is 48.6 Å². The molecular weight excluding hydrogens is 715 g/mol. The van der Waals surface area contributed by atoms with Crippen LogP contribution in [0, 0.1) is 5.92 Å². The van der Waals surface area contributed by atoms with E-state index >= 15 is 0 Å². The van der Waals surface area contributed by atoms with Crippen molar-refractivity contribution in [3.8, 4) is 0 Å². The summed E-state index contributed by atoms with van der Waals surface area (Å²) in [5.41, 5.74) is 5.99. The van der Waals surface area contributed by atoms with Gasteiger partial charge in [0.2, 0.25) is 35.4 Å². The number of rotatable bonds is 23. The van der Waals surface area contributed by atoms with Crippen LogP contribution in [-0.2, 0) is 44.8 Å². The van der Waals surface area contributed by atoms with Gasteiger partial charge in [-0.05, 0) is 19.3 Å². The minimum absolute atomic E-state index is 0.0296. The Labute approximate surface area is 304 Å². The lowest BCUT2D eigenvalue weighted by Gasteiger charge is -2.28. The van der Waals surface area contributed by atoms with Crippen molar-refractivity contribution in [2.24, 2.45) is 11.7 Å². The van der Waals surface area contributed by atoms with Crippen molar-refractivity contribution >= 4 is 72.6 Å². The summed E-state index contributed by atoms with van der Waals surface area (Å²) in [5.74, 6) is -8.77. The Morgan fingerprint density at radius 2 is 1.35 bits per heavy atom. The smallest absolute Gasteiger partial charge is 0.327 e. The number of carbonyl (C=O) groups is 8. The number of hydrogen-bond donors (Lipinski definition) is 13. The highest BCUT2D eigenvalue weighted by Crippen LogP contribution is 2.10. The first-order valence-electron chi connectivity index (χ1n) is 15.8. The second kappa shape index (κ2) is 22.4. The number of carboxylic acid groups (broad SMARTS) is 2. The molecule has 8 atom stereocenters. The fourth-order valence-corrected chi connectivity index (χ4v) is 4.68. The quantitative estimate of drug-likeness (QED) is 0.0475. The molecule has 0 aliphatic rings. The maximum atomic E-state index is 13.5. The van der Waals surface area contributed by atoms with E-state index in [4.69, 9.17) is 10.8 Å². The van der Waals surface area contributed by atoms with Crippen molar-refractivity contribution < 1.29 is 53.7 Å². The lowest BCUT2D eigenvalue weighted by atomic mass is 9.97. The summed E-state index contributed by atoms with van der Waals surface area (Å²) in [4.78, 5) is 107. The van der Waals surface area contributed by atoms with Crippen molar-refractivity contribution in [3.63, 3.8) is 0 Å². The van der Waals surface area contributed by atoms with E-state index in [0.29, 0.717) is 12.1 Å². The normalized spacial score (nSPS) is 15.7. The third kappa shape index (κ3) is 15.2. The maximum Gasteiger partial charge on any atom is 0.327 e. The Hall–Kier alpha value is -4.41. The number of nitrogens with zero attached hydrogens (tertiary/aromatic N) is 1. The standard InChI is InChI=1S/C29H47N9O11S2/c1-4-13(2)22(38-27(46)19(9-39)36-24(43)16(30)10-50)28(47)33-14(3)23(42)35-18(7-15-8-31-12-32-15)26(45)34-17(5-6-21(40)41)25(44)37-20(11-51)29(48)49/h8,12-14,16-20,22,39,50-51H,4-7,9-11,30H2,1-3H3,(H,31,32)(H,33,47)(H,34,45)(H,35,42)(H,36,43)(H,37,44)(H,38,46)(H,40,41)(H,48,49)/t13-,14-,16-,17-,18-,19-,20-,22-/m0/s1. The molecule has 0 fully saturated rings. The molecule has 0 saturated heterocycles. The molecule has 1 heterocycles. The Morgan fingerprint density at radius 1 is 0.784 bits per heavy atom. The second-order valence-corrected chi connectivity index (χ2v) is 12.3. The highest BCUT2D eigenvalue weighted by molar-refractivity contribution is 7.80. The summed E-state index contributed by atoms with van der Waals surface area (Å²) in [5, 5.41) is 42.4. The van der Waals surface area contributed by atoms with Gasteiger partial charge in [-0.1, -0.05) is 20.3 Å². The Bertz CT molecular complexity index is 1370. The zero-order valence-electron chi connectivity index (χ0n) is 28.2. The number of aromatic amines is 1. The van der Waals surface area contributed by atoms with E-state index in [2.05, 4.69) is 67.1 Å². The molecule has 0 aromatic carbocycles. The number of thiol groups is 2. The van der Waals surface area contributed by atoms with Gasteiger partial charge in [-0.25, -0.2) is 9.78 Å². The van der Waals surface area contributed by atoms with E-state index in [0.717, 1.165) is 0 Å². The third-order valence-electron chi connectivity index (χ3n) is 7.58. The number of carbonyl (C=O) groups excluding carboxylic acids is 6. The van der Waals surface area contributed by atoms with Crippen molar-refractivity contribution in [3.05, 3.63) is 18.2 Å².